The Labute approximate surface area is 153 Å². The lowest BCUT2D eigenvalue weighted by molar-refractivity contribution is -0.124. The van der Waals surface area contributed by atoms with Crippen molar-refractivity contribution in [2.75, 3.05) is 6.61 Å². The highest BCUT2D eigenvalue weighted by Crippen LogP contribution is 2.16. The van der Waals surface area contributed by atoms with Crippen LogP contribution in [0.3, 0.4) is 0 Å². The molecule has 1 unspecified atom stereocenters. The Morgan fingerprint density at radius 3 is 2.23 bits per heavy atom. The Morgan fingerprint density at radius 1 is 1.00 bits per heavy atom. The van der Waals surface area contributed by atoms with Crippen molar-refractivity contribution in [2.45, 2.75) is 33.2 Å². The van der Waals surface area contributed by atoms with Crippen LogP contribution in [0.25, 0.3) is 0 Å². The van der Waals surface area contributed by atoms with E-state index in [9.17, 15) is 14.4 Å². The van der Waals surface area contributed by atoms with Gasteiger partial charge in [0.2, 0.25) is 0 Å². The number of esters is 1. The van der Waals surface area contributed by atoms with Crippen LogP contribution >= 0.6 is 0 Å². The number of benzene rings is 2. The molecule has 0 saturated carbocycles. The van der Waals surface area contributed by atoms with Gasteiger partial charge in [-0.25, -0.2) is 4.79 Å². The van der Waals surface area contributed by atoms with Gasteiger partial charge in [0.25, 0.3) is 5.91 Å². The van der Waals surface area contributed by atoms with Crippen molar-refractivity contribution in [2.24, 2.45) is 0 Å². The van der Waals surface area contributed by atoms with E-state index >= 15 is 0 Å². The number of rotatable bonds is 7. The highest BCUT2D eigenvalue weighted by Gasteiger charge is 2.20. The predicted octanol–water partition coefficient (Wildman–Crippen LogP) is 3.30. The summed E-state index contributed by atoms with van der Waals surface area (Å²) >= 11 is 0. The van der Waals surface area contributed by atoms with Crippen molar-refractivity contribution in [1.82, 2.24) is 5.32 Å². The maximum Gasteiger partial charge on any atom is 0.339 e. The highest BCUT2D eigenvalue weighted by atomic mass is 16.5. The fourth-order valence-corrected chi connectivity index (χ4v) is 2.35. The quantitative estimate of drug-likeness (QED) is 0.612. The second-order valence-corrected chi connectivity index (χ2v) is 6.19. The Bertz CT molecular complexity index is 796. The molecule has 2 rings (SSSR count). The van der Waals surface area contributed by atoms with Crippen LogP contribution < -0.4 is 5.32 Å². The molecule has 0 aliphatic heterocycles. The number of carbonyl (C=O) groups is 3. The molecular formula is C21H23NO4. The van der Waals surface area contributed by atoms with E-state index in [1.54, 1.807) is 30.3 Å². The molecule has 0 bridgehead atoms. The minimum Gasteiger partial charge on any atom is -0.452 e. The van der Waals surface area contributed by atoms with Crippen LogP contribution in [0, 0.1) is 6.92 Å². The van der Waals surface area contributed by atoms with Gasteiger partial charge in [-0.1, -0.05) is 55.0 Å². The molecule has 5 nitrogen and oxygen atoms in total. The van der Waals surface area contributed by atoms with Gasteiger partial charge >= 0.3 is 5.97 Å². The molecular weight excluding hydrogens is 330 g/mol. The standard InChI is InChI=1S/C21H23NO4/c1-4-15(3)22-19(23)13-26-21(25)18-8-6-5-7-17(18)20(24)16-11-9-14(2)10-12-16/h5-12,15H,4,13H2,1-3H3,(H,22,23). The summed E-state index contributed by atoms with van der Waals surface area (Å²) in [7, 11) is 0. The first-order valence-electron chi connectivity index (χ1n) is 8.59. The molecule has 0 saturated heterocycles. The number of ether oxygens (including phenoxy) is 1. The number of nitrogens with one attached hydrogen (secondary N) is 1. The first kappa shape index (κ1) is 19.4. The Kier molecular flexibility index (Phi) is 6.67. The predicted molar refractivity (Wildman–Crippen MR) is 99.2 cm³/mol. The monoisotopic (exact) mass is 353 g/mol. The third-order valence-electron chi connectivity index (χ3n) is 4.06. The van der Waals surface area contributed by atoms with Crippen LogP contribution in [0.2, 0.25) is 0 Å². The van der Waals surface area contributed by atoms with E-state index < -0.39 is 5.97 Å². The van der Waals surface area contributed by atoms with Crippen molar-refractivity contribution in [1.29, 1.82) is 0 Å². The molecule has 5 heteroatoms. The van der Waals surface area contributed by atoms with Crippen LogP contribution in [0.4, 0.5) is 0 Å². The molecule has 26 heavy (non-hydrogen) atoms. The lowest BCUT2D eigenvalue weighted by Gasteiger charge is -2.12. The fraction of sp³-hybridized carbons (Fsp3) is 0.286. The van der Waals surface area contributed by atoms with E-state index in [-0.39, 0.29) is 35.5 Å². The molecule has 1 atom stereocenters. The Hall–Kier alpha value is -2.95. The zero-order valence-corrected chi connectivity index (χ0v) is 15.2. The zero-order valence-electron chi connectivity index (χ0n) is 15.2. The Balaban J connectivity index is 2.12. The van der Waals surface area contributed by atoms with Crippen molar-refractivity contribution in [3.63, 3.8) is 0 Å². The summed E-state index contributed by atoms with van der Waals surface area (Å²) in [6.07, 6.45) is 0.785. The summed E-state index contributed by atoms with van der Waals surface area (Å²) in [6.45, 7) is 5.37. The molecule has 0 fully saturated rings. The molecule has 0 aromatic heterocycles. The second kappa shape index (κ2) is 8.94. The average Bonchev–Trinajstić information content (AvgIpc) is 2.66. The average molecular weight is 353 g/mol. The molecule has 0 spiro atoms. The minimum absolute atomic E-state index is 0.0107. The lowest BCUT2D eigenvalue weighted by Crippen LogP contribution is -2.35. The van der Waals surface area contributed by atoms with Gasteiger partial charge in [-0.15, -0.1) is 0 Å². The highest BCUT2D eigenvalue weighted by molar-refractivity contribution is 6.14. The Morgan fingerprint density at radius 2 is 1.62 bits per heavy atom. The van der Waals surface area contributed by atoms with E-state index in [0.29, 0.717) is 5.56 Å². The van der Waals surface area contributed by atoms with Crippen LogP contribution in [-0.2, 0) is 9.53 Å². The minimum atomic E-state index is -0.694. The SMILES string of the molecule is CCC(C)NC(=O)COC(=O)c1ccccc1C(=O)c1ccc(C)cc1. The van der Waals surface area contributed by atoms with E-state index in [4.69, 9.17) is 4.74 Å². The normalized spacial score (nSPS) is 11.5. The van der Waals surface area contributed by atoms with Gasteiger partial charge in [0.05, 0.1) is 5.56 Å². The molecule has 0 radical (unpaired) electrons. The largest absolute Gasteiger partial charge is 0.452 e. The van der Waals surface area contributed by atoms with Crippen LogP contribution in [0.1, 0.15) is 52.1 Å². The molecule has 2 aromatic rings. The summed E-state index contributed by atoms with van der Waals surface area (Å²) < 4.78 is 5.08. The summed E-state index contributed by atoms with van der Waals surface area (Å²) in [6, 6.07) is 13.6. The number of hydrogen-bond acceptors (Lipinski definition) is 4. The fourth-order valence-electron chi connectivity index (χ4n) is 2.35. The van der Waals surface area contributed by atoms with E-state index in [1.165, 1.54) is 6.07 Å². The number of amides is 1. The van der Waals surface area contributed by atoms with Gasteiger partial charge in [-0.2, -0.15) is 0 Å². The summed E-state index contributed by atoms with van der Waals surface area (Å²) in [5, 5.41) is 2.72. The van der Waals surface area contributed by atoms with Gasteiger partial charge < -0.3 is 10.1 Å². The van der Waals surface area contributed by atoms with Crippen molar-refractivity contribution in [3.05, 3.63) is 70.8 Å². The molecule has 136 valence electrons. The lowest BCUT2D eigenvalue weighted by atomic mass is 9.98. The van der Waals surface area contributed by atoms with E-state index in [0.717, 1.165) is 12.0 Å². The number of carbonyl (C=O) groups excluding carboxylic acids is 3. The topological polar surface area (TPSA) is 72.5 Å². The molecule has 0 aliphatic rings. The first-order valence-corrected chi connectivity index (χ1v) is 8.59. The van der Waals surface area contributed by atoms with Gasteiger partial charge in [0.1, 0.15) is 0 Å². The molecule has 0 heterocycles. The summed E-state index contributed by atoms with van der Waals surface area (Å²) in [5.74, 6) is -1.32. The number of ketones is 1. The third kappa shape index (κ3) is 5.02. The van der Waals surface area contributed by atoms with E-state index in [2.05, 4.69) is 5.32 Å². The van der Waals surface area contributed by atoms with Crippen molar-refractivity contribution in [3.8, 4) is 0 Å². The van der Waals surface area contributed by atoms with Gasteiger partial charge in [-0.05, 0) is 26.3 Å². The molecule has 1 amide bonds. The van der Waals surface area contributed by atoms with Crippen LogP contribution in [-0.4, -0.2) is 30.3 Å². The second-order valence-electron chi connectivity index (χ2n) is 6.19. The summed E-state index contributed by atoms with van der Waals surface area (Å²) in [4.78, 5) is 36.8. The molecule has 1 N–H and O–H groups in total. The number of hydrogen-bond donors (Lipinski definition) is 1. The van der Waals surface area contributed by atoms with Crippen LogP contribution in [0.5, 0.6) is 0 Å². The smallest absolute Gasteiger partial charge is 0.339 e. The van der Waals surface area contributed by atoms with Gasteiger partial charge in [0.15, 0.2) is 12.4 Å². The van der Waals surface area contributed by atoms with E-state index in [1.807, 2.05) is 32.9 Å². The zero-order chi connectivity index (χ0) is 19.1. The van der Waals surface area contributed by atoms with Gasteiger partial charge in [-0.3, -0.25) is 9.59 Å². The van der Waals surface area contributed by atoms with Crippen LogP contribution in [0.15, 0.2) is 48.5 Å². The maximum atomic E-state index is 12.7. The first-order chi connectivity index (χ1) is 12.4. The maximum absolute atomic E-state index is 12.7. The van der Waals surface area contributed by atoms with Gasteiger partial charge in [0, 0.05) is 17.2 Å². The third-order valence-corrected chi connectivity index (χ3v) is 4.06. The number of aryl methyl sites for hydroxylation is 1. The van der Waals surface area contributed by atoms with Crippen molar-refractivity contribution < 1.29 is 19.1 Å². The molecule has 0 aliphatic carbocycles. The summed E-state index contributed by atoms with van der Waals surface area (Å²) in [5.41, 5.74) is 1.94. The molecule has 2 aromatic carbocycles. The van der Waals surface area contributed by atoms with Crippen molar-refractivity contribution >= 4 is 17.7 Å².